The fraction of sp³-hybridized carbons (Fsp3) is 0.500. The number of alkyl halides is 2. The van der Waals surface area contributed by atoms with E-state index in [1.807, 2.05) is 36.4 Å². The number of hydrogen-bond acceptors (Lipinski definition) is 14. The molecule has 5 rings (SSSR count). The molecule has 3 atom stereocenters. The Labute approximate surface area is 329 Å². The Kier molecular flexibility index (Phi) is 18.0. The van der Waals surface area contributed by atoms with Gasteiger partial charge in [0.1, 0.15) is 42.9 Å². The highest BCUT2D eigenvalue weighted by Crippen LogP contribution is 2.33. The second-order valence-electron chi connectivity index (χ2n) is 13.2. The van der Waals surface area contributed by atoms with Crippen molar-refractivity contribution >= 4 is 48.7 Å². The molecule has 310 valence electrons. The molecule has 0 saturated carbocycles. The van der Waals surface area contributed by atoms with Crippen LogP contribution < -0.4 is 0 Å². The van der Waals surface area contributed by atoms with Gasteiger partial charge in [0.2, 0.25) is 0 Å². The monoisotopic (exact) mass is 803 g/mol. The van der Waals surface area contributed by atoms with Gasteiger partial charge in [-0.25, -0.2) is 28.0 Å². The number of Topliss-reactive ketones (excluding diaryl/α,β-unsaturated/α-hetero) is 2. The van der Waals surface area contributed by atoms with Gasteiger partial charge in [-0.3, -0.25) is 24.2 Å². The van der Waals surface area contributed by atoms with Crippen molar-refractivity contribution in [2.45, 2.75) is 82.6 Å². The summed E-state index contributed by atoms with van der Waals surface area (Å²) in [4.78, 5) is 85.2. The number of amides is 2. The van der Waals surface area contributed by atoms with Crippen LogP contribution in [0, 0.1) is 0 Å². The maximum atomic E-state index is 13.5. The number of ketones is 2. The van der Waals surface area contributed by atoms with E-state index in [4.69, 9.17) is 9.47 Å². The van der Waals surface area contributed by atoms with Crippen LogP contribution >= 0.6 is 0 Å². The standard InChI is InChI=1S/C15H17F2NO4.C15H17NO5.C8H14BNO4/c1-21-13(19)12-9-15(16,17)7-8-18(12)14(20)22-10-11-5-3-2-4-6-11;1-20-14(18)13-9-12(17)7-8-16(13)15(19)21-10-11-5-3-2-4-6-11;1-9(13)10-4-3-6(11)5-7(10)8(12)14-2/h2-6,12H,7-10H2,1H3;2-6,13H,7-10H2,1H3;7,13H,3-5H2,1-2H3. The first-order valence-corrected chi connectivity index (χ1v) is 18.1. The van der Waals surface area contributed by atoms with Gasteiger partial charge in [-0.2, -0.15) is 0 Å². The highest BCUT2D eigenvalue weighted by molar-refractivity contribution is 6.46. The molecule has 0 bridgehead atoms. The molecule has 3 saturated heterocycles. The molecule has 2 amide bonds. The largest absolute Gasteiger partial charge is 0.468 e. The molecule has 57 heavy (non-hydrogen) atoms. The number of rotatable bonds is 8. The Bertz CT molecular complexity index is 1690. The summed E-state index contributed by atoms with van der Waals surface area (Å²) in [5.74, 6) is -4.93. The minimum absolute atomic E-state index is 0.0143. The number of ether oxygens (including phenoxy) is 5. The van der Waals surface area contributed by atoms with Crippen molar-refractivity contribution in [3.05, 3.63) is 71.8 Å². The molecule has 3 fully saturated rings. The lowest BCUT2D eigenvalue weighted by Crippen LogP contribution is -2.53. The first-order valence-electron chi connectivity index (χ1n) is 18.1. The van der Waals surface area contributed by atoms with Gasteiger partial charge in [-0.15, -0.1) is 0 Å². The quantitative estimate of drug-likeness (QED) is 0.232. The van der Waals surface area contributed by atoms with Crippen LogP contribution in [-0.4, -0.2) is 133 Å². The van der Waals surface area contributed by atoms with E-state index in [9.17, 15) is 47.4 Å². The maximum absolute atomic E-state index is 13.5. The van der Waals surface area contributed by atoms with Crippen molar-refractivity contribution < 1.29 is 71.1 Å². The third-order valence-electron chi connectivity index (χ3n) is 9.26. The van der Waals surface area contributed by atoms with Crippen LogP contribution in [0.1, 0.15) is 49.7 Å². The molecule has 16 nitrogen and oxygen atoms in total. The molecule has 0 spiro atoms. The van der Waals surface area contributed by atoms with Crippen molar-refractivity contribution in [2.75, 3.05) is 41.0 Å². The minimum Gasteiger partial charge on any atom is -0.468 e. The Morgan fingerprint density at radius 3 is 1.58 bits per heavy atom. The molecular weight excluding hydrogens is 755 g/mol. The lowest BCUT2D eigenvalue weighted by atomic mass is 9.79. The van der Waals surface area contributed by atoms with Crippen LogP contribution in [0.3, 0.4) is 0 Å². The van der Waals surface area contributed by atoms with Gasteiger partial charge < -0.3 is 33.5 Å². The van der Waals surface area contributed by atoms with E-state index in [1.165, 1.54) is 19.1 Å². The molecule has 0 aliphatic carbocycles. The molecule has 3 heterocycles. The molecule has 0 aromatic heterocycles. The topological polar surface area (TPSA) is 196 Å². The minimum atomic E-state index is -2.99. The average Bonchev–Trinajstić information content (AvgIpc) is 3.21. The lowest BCUT2D eigenvalue weighted by molar-refractivity contribution is -0.155. The summed E-state index contributed by atoms with van der Waals surface area (Å²) in [5.41, 5.74) is 1.63. The number of esters is 3. The number of methoxy groups -OCH3 is 3. The van der Waals surface area contributed by atoms with E-state index in [1.54, 1.807) is 35.9 Å². The number of carbonyl (C=O) groups excluding carboxylic acids is 7. The van der Waals surface area contributed by atoms with Gasteiger partial charge in [-0.05, 0) is 24.5 Å². The van der Waals surface area contributed by atoms with Crippen LogP contribution in [0.4, 0.5) is 18.4 Å². The predicted molar refractivity (Wildman–Crippen MR) is 197 cm³/mol. The Morgan fingerprint density at radius 2 is 1.11 bits per heavy atom. The SMILES string of the molecule is COC(=O)C1CC(=O)CCN1B(C)O.COC(=O)C1CC(=O)CCN1C(=O)OCc1ccccc1.COC(=O)C1CC(F)(F)CCN1C(=O)OCc1ccccc1. The van der Waals surface area contributed by atoms with Crippen LogP contribution in [0.15, 0.2) is 60.7 Å². The van der Waals surface area contributed by atoms with E-state index in [0.29, 0.717) is 13.0 Å². The zero-order valence-corrected chi connectivity index (χ0v) is 32.3. The Balaban J connectivity index is 0.000000235. The molecule has 3 aliphatic heterocycles. The number of likely N-dealkylation sites (tertiary alicyclic amines) is 2. The second-order valence-corrected chi connectivity index (χ2v) is 13.2. The summed E-state index contributed by atoms with van der Waals surface area (Å²) in [5, 5.41) is 9.39. The molecule has 19 heteroatoms. The van der Waals surface area contributed by atoms with Gasteiger partial charge in [0.25, 0.3) is 5.92 Å². The molecule has 2 aromatic carbocycles. The van der Waals surface area contributed by atoms with E-state index >= 15 is 0 Å². The van der Waals surface area contributed by atoms with Crippen molar-refractivity contribution in [1.82, 2.24) is 14.6 Å². The van der Waals surface area contributed by atoms with Gasteiger partial charge in [-0.1, -0.05) is 60.7 Å². The van der Waals surface area contributed by atoms with Crippen LogP contribution in [0.5, 0.6) is 0 Å². The number of hydrogen-bond donors (Lipinski definition) is 1. The zero-order valence-electron chi connectivity index (χ0n) is 32.3. The summed E-state index contributed by atoms with van der Waals surface area (Å²) in [6.07, 6.45) is -1.92. The van der Waals surface area contributed by atoms with Crippen molar-refractivity contribution in [3.63, 3.8) is 0 Å². The lowest BCUT2D eigenvalue weighted by Gasteiger charge is -2.36. The fourth-order valence-corrected chi connectivity index (χ4v) is 6.15. The van der Waals surface area contributed by atoms with Crippen molar-refractivity contribution in [1.29, 1.82) is 0 Å². The average molecular weight is 804 g/mol. The molecule has 2 aromatic rings. The van der Waals surface area contributed by atoms with E-state index < -0.39 is 74.0 Å². The number of carbonyl (C=O) groups is 7. The van der Waals surface area contributed by atoms with Gasteiger partial charge in [0.05, 0.1) is 21.3 Å². The normalized spacial score (nSPS) is 20.3. The van der Waals surface area contributed by atoms with Crippen molar-refractivity contribution in [2.24, 2.45) is 0 Å². The fourth-order valence-electron chi connectivity index (χ4n) is 6.15. The third kappa shape index (κ3) is 14.2. The smallest absolute Gasteiger partial charge is 0.410 e. The van der Waals surface area contributed by atoms with Crippen LogP contribution in [-0.2, 0) is 60.9 Å². The third-order valence-corrected chi connectivity index (χ3v) is 9.26. The predicted octanol–water partition coefficient (Wildman–Crippen LogP) is 3.43. The summed E-state index contributed by atoms with van der Waals surface area (Å²) >= 11 is 0. The Hall–Kier alpha value is -5.43. The van der Waals surface area contributed by atoms with Crippen molar-refractivity contribution in [3.8, 4) is 0 Å². The Morgan fingerprint density at radius 1 is 0.684 bits per heavy atom. The number of nitrogens with zero attached hydrogens (tertiary/aromatic N) is 3. The first-order chi connectivity index (χ1) is 27.1. The van der Waals surface area contributed by atoms with E-state index in [2.05, 4.69) is 14.2 Å². The summed E-state index contributed by atoms with van der Waals surface area (Å²) in [6, 6.07) is 15.4. The number of benzene rings is 2. The summed E-state index contributed by atoms with van der Waals surface area (Å²) in [6.45, 7) is 2.05. The summed E-state index contributed by atoms with van der Waals surface area (Å²) < 4.78 is 50.9. The molecule has 0 radical (unpaired) electrons. The maximum Gasteiger partial charge on any atom is 0.410 e. The first kappa shape index (κ1) is 46.0. The molecular formula is C38H48BF2N3O13. The van der Waals surface area contributed by atoms with E-state index in [-0.39, 0.29) is 57.1 Å². The van der Waals surface area contributed by atoms with Gasteiger partial charge in [0.15, 0.2) is 0 Å². The van der Waals surface area contributed by atoms with Crippen LogP contribution in [0.2, 0.25) is 6.82 Å². The highest BCUT2D eigenvalue weighted by atomic mass is 19.3. The van der Waals surface area contributed by atoms with E-state index in [0.717, 1.165) is 23.1 Å². The second kappa shape index (κ2) is 22.3. The van der Waals surface area contributed by atoms with Gasteiger partial charge in [0, 0.05) is 51.6 Å². The molecule has 3 aliphatic rings. The highest BCUT2D eigenvalue weighted by Gasteiger charge is 2.46. The molecule has 1 N–H and O–H groups in total. The number of piperidine rings is 3. The van der Waals surface area contributed by atoms with Crippen LogP contribution in [0.25, 0.3) is 0 Å². The summed E-state index contributed by atoms with van der Waals surface area (Å²) in [7, 11) is 2.88. The zero-order chi connectivity index (χ0) is 42.1. The molecule has 3 unspecified atom stereocenters. The van der Waals surface area contributed by atoms with Gasteiger partial charge >= 0.3 is 37.1 Å². The number of halogens is 2.